The van der Waals surface area contributed by atoms with Crippen molar-refractivity contribution in [2.45, 2.75) is 41.8 Å². The summed E-state index contributed by atoms with van der Waals surface area (Å²) in [6.45, 7) is 4.56. The molecule has 0 unspecified atom stereocenters. The van der Waals surface area contributed by atoms with Crippen LogP contribution in [0.2, 0.25) is 12.6 Å². The zero-order valence-electron chi connectivity index (χ0n) is 3.41. The summed E-state index contributed by atoms with van der Waals surface area (Å²) in [4.78, 5) is 0. The smallest absolute Gasteiger partial charge is 0.0163 e. The Morgan fingerprint density at radius 2 is 1.29 bits per heavy atom. The van der Waals surface area contributed by atoms with E-state index in [0.717, 1.165) is 0 Å². The minimum absolute atomic E-state index is 0. The lowest BCUT2D eigenvalue weighted by Gasteiger charge is -1.66. The fourth-order valence-electron chi connectivity index (χ4n) is 0. The van der Waals surface area contributed by atoms with Crippen molar-refractivity contribution in [3.05, 3.63) is 0 Å². The molecular formula is C6H22Si. The third kappa shape index (κ3) is 74.7. The van der Waals surface area contributed by atoms with Gasteiger partial charge in [0.05, 0.1) is 0 Å². The molecule has 0 aliphatic carbocycles. The van der Waals surface area contributed by atoms with Crippen molar-refractivity contribution in [3.63, 3.8) is 0 Å². The summed E-state index contributed by atoms with van der Waals surface area (Å²) in [5.41, 5.74) is 0. The Balaban J connectivity index is -0.0000000150. The van der Waals surface area contributed by atoms with Gasteiger partial charge in [-0.25, -0.2) is 0 Å². The van der Waals surface area contributed by atoms with Crippen LogP contribution in [0.4, 0.5) is 0 Å². The second kappa shape index (κ2) is 34.4. The zero-order chi connectivity index (χ0) is 3.41. The van der Waals surface area contributed by atoms with Crippen LogP contribution in [0, 0.1) is 0 Å². The molecule has 0 aromatic rings. The average Bonchev–Trinajstić information content (AvgIpc) is 1.37. The Hall–Kier alpha value is 0.217. The van der Waals surface area contributed by atoms with Gasteiger partial charge in [0, 0.05) is 9.52 Å². The molecule has 0 aromatic carbocycles. The van der Waals surface area contributed by atoms with Crippen LogP contribution in [0.1, 0.15) is 29.2 Å². The highest BCUT2D eigenvalue weighted by molar-refractivity contribution is 6.33. The van der Waals surface area contributed by atoms with E-state index in [1.807, 2.05) is 0 Å². The van der Waals surface area contributed by atoms with Gasteiger partial charge in [-0.15, -0.1) is 0 Å². The Kier molecular flexibility index (Phi) is 133. The maximum Gasteiger partial charge on any atom is 0.0163 e. The minimum atomic E-state index is 0. The van der Waals surface area contributed by atoms with Gasteiger partial charge >= 0.3 is 0 Å². The first-order valence-electron chi connectivity index (χ1n) is 1.91. The Labute approximate surface area is 52.2 Å². The standard InChI is InChI=1S/C3H10Si.3CH4/c1-3-4-2;;;/h3-4H2,1-2H3;3*1H4. The maximum atomic E-state index is 2.32. The topological polar surface area (TPSA) is 0 Å². The monoisotopic (exact) mass is 122 g/mol. The third-order valence-electron chi connectivity index (χ3n) is 0.500. The summed E-state index contributed by atoms with van der Waals surface area (Å²) in [6, 6.07) is 1.46. The molecule has 0 spiro atoms. The van der Waals surface area contributed by atoms with Crippen LogP contribution in [0.25, 0.3) is 0 Å². The van der Waals surface area contributed by atoms with Gasteiger partial charge in [0.2, 0.25) is 0 Å². The molecule has 50 valence electrons. The fraction of sp³-hybridized carbons (Fsp3) is 1.00. The largest absolute Gasteiger partial charge is 0.0776 e. The summed E-state index contributed by atoms with van der Waals surface area (Å²) in [5, 5.41) is 0. The zero-order valence-corrected chi connectivity index (χ0v) is 4.83. The molecule has 0 fully saturated rings. The highest BCUT2D eigenvalue weighted by atomic mass is 28.2. The van der Waals surface area contributed by atoms with E-state index in [9.17, 15) is 0 Å². The van der Waals surface area contributed by atoms with E-state index >= 15 is 0 Å². The predicted octanol–water partition coefficient (Wildman–Crippen LogP) is 2.55. The fourth-order valence-corrected chi connectivity index (χ4v) is 0. The summed E-state index contributed by atoms with van der Waals surface area (Å²) < 4.78 is 0. The van der Waals surface area contributed by atoms with E-state index in [1.54, 1.807) is 0 Å². The van der Waals surface area contributed by atoms with Gasteiger partial charge in [0.15, 0.2) is 0 Å². The second-order valence-corrected chi connectivity index (χ2v) is 3.00. The first-order valence-corrected chi connectivity index (χ1v) is 4.33. The molecule has 0 saturated carbocycles. The Bertz CT molecular complexity index is 6.14. The van der Waals surface area contributed by atoms with Crippen molar-refractivity contribution in [2.24, 2.45) is 0 Å². The van der Waals surface area contributed by atoms with Crippen LogP contribution in [-0.4, -0.2) is 9.52 Å². The van der Waals surface area contributed by atoms with E-state index in [4.69, 9.17) is 0 Å². The van der Waals surface area contributed by atoms with E-state index in [-0.39, 0.29) is 22.3 Å². The molecule has 0 rings (SSSR count). The van der Waals surface area contributed by atoms with Gasteiger partial charge in [-0.1, -0.05) is 41.8 Å². The predicted molar refractivity (Wildman–Crippen MR) is 45.1 cm³/mol. The van der Waals surface area contributed by atoms with Gasteiger partial charge in [-0.05, 0) is 0 Å². The maximum absolute atomic E-state index is 2.32. The minimum Gasteiger partial charge on any atom is -0.0776 e. The molecule has 0 N–H and O–H groups in total. The number of hydrogen-bond donors (Lipinski definition) is 0. The van der Waals surface area contributed by atoms with Crippen molar-refractivity contribution in [1.29, 1.82) is 0 Å². The first kappa shape index (κ1) is 27.0. The van der Waals surface area contributed by atoms with Gasteiger partial charge in [0.25, 0.3) is 0 Å². The highest BCUT2D eigenvalue weighted by Crippen LogP contribution is 1.64. The van der Waals surface area contributed by atoms with Crippen molar-refractivity contribution < 1.29 is 0 Å². The van der Waals surface area contributed by atoms with Gasteiger partial charge < -0.3 is 0 Å². The molecule has 0 bridgehead atoms. The normalized spacial score (nSPS) is 6.00. The highest BCUT2D eigenvalue weighted by Gasteiger charge is 1.58. The molecule has 0 nitrogen and oxygen atoms in total. The van der Waals surface area contributed by atoms with Crippen molar-refractivity contribution in [2.75, 3.05) is 0 Å². The summed E-state index contributed by atoms with van der Waals surface area (Å²) in [7, 11) is 0.424. The lowest BCUT2D eigenvalue weighted by molar-refractivity contribution is 1.45. The molecule has 0 aromatic heterocycles. The van der Waals surface area contributed by atoms with Crippen molar-refractivity contribution in [3.8, 4) is 0 Å². The van der Waals surface area contributed by atoms with Crippen LogP contribution < -0.4 is 0 Å². The van der Waals surface area contributed by atoms with Gasteiger partial charge in [0.1, 0.15) is 0 Å². The van der Waals surface area contributed by atoms with Crippen molar-refractivity contribution in [1.82, 2.24) is 0 Å². The SMILES string of the molecule is C.C.C.CC[SiH2]C. The van der Waals surface area contributed by atoms with Crippen LogP contribution >= 0.6 is 0 Å². The second-order valence-electron chi connectivity index (χ2n) is 1.000. The van der Waals surface area contributed by atoms with Gasteiger partial charge in [-0.3, -0.25) is 0 Å². The van der Waals surface area contributed by atoms with Gasteiger partial charge in [-0.2, -0.15) is 0 Å². The molecule has 0 amide bonds. The summed E-state index contributed by atoms with van der Waals surface area (Å²) in [5.74, 6) is 0. The first-order chi connectivity index (χ1) is 1.91. The van der Waals surface area contributed by atoms with Crippen LogP contribution in [0.15, 0.2) is 0 Å². The lowest BCUT2D eigenvalue weighted by Crippen LogP contribution is -1.67. The summed E-state index contributed by atoms with van der Waals surface area (Å²) >= 11 is 0. The molecule has 0 heterocycles. The van der Waals surface area contributed by atoms with E-state index in [0.29, 0.717) is 9.52 Å². The Morgan fingerprint density at radius 3 is 1.29 bits per heavy atom. The molecule has 0 radical (unpaired) electrons. The van der Waals surface area contributed by atoms with Crippen LogP contribution in [0.3, 0.4) is 0 Å². The number of hydrogen-bond acceptors (Lipinski definition) is 0. The number of rotatable bonds is 1. The molecule has 0 atom stereocenters. The average molecular weight is 122 g/mol. The molecule has 0 aliphatic rings. The molecule has 0 aliphatic heterocycles. The summed E-state index contributed by atoms with van der Waals surface area (Å²) in [6.07, 6.45) is 0. The molecular weight excluding hydrogens is 100 g/mol. The van der Waals surface area contributed by atoms with Crippen LogP contribution in [-0.2, 0) is 0 Å². The van der Waals surface area contributed by atoms with E-state index < -0.39 is 0 Å². The Morgan fingerprint density at radius 1 is 1.14 bits per heavy atom. The quantitative estimate of drug-likeness (QED) is 0.469. The third-order valence-corrected chi connectivity index (χ3v) is 1.50. The van der Waals surface area contributed by atoms with Crippen LogP contribution in [0.5, 0.6) is 0 Å². The van der Waals surface area contributed by atoms with E-state index in [2.05, 4.69) is 13.5 Å². The molecule has 7 heavy (non-hydrogen) atoms. The van der Waals surface area contributed by atoms with Crippen molar-refractivity contribution >= 4 is 9.52 Å². The van der Waals surface area contributed by atoms with E-state index in [1.165, 1.54) is 6.04 Å². The molecule has 1 heteroatoms. The molecule has 0 saturated heterocycles. The lowest BCUT2D eigenvalue weighted by atomic mass is 11.0.